The Labute approximate surface area is 170 Å². The van der Waals surface area contributed by atoms with Crippen molar-refractivity contribution in [2.24, 2.45) is 0 Å². The molecule has 1 aromatic heterocycles. The van der Waals surface area contributed by atoms with Crippen molar-refractivity contribution in [3.63, 3.8) is 0 Å². The number of rotatable bonds is 4. The van der Waals surface area contributed by atoms with E-state index in [2.05, 4.69) is 9.97 Å². The molecule has 1 atom stereocenters. The van der Waals surface area contributed by atoms with Crippen molar-refractivity contribution in [3.8, 4) is 5.75 Å². The molecule has 2 aromatic rings. The lowest BCUT2D eigenvalue weighted by molar-refractivity contribution is 0.0709. The van der Waals surface area contributed by atoms with Gasteiger partial charge >= 0.3 is 0 Å². The van der Waals surface area contributed by atoms with E-state index in [4.69, 9.17) is 10.5 Å². The smallest absolute Gasteiger partial charge is 0.257 e. The molecule has 0 radical (unpaired) electrons. The van der Waals surface area contributed by atoms with Gasteiger partial charge in [-0.25, -0.2) is 9.97 Å². The SMILES string of the molecule is COc1cccc(C(=O)N(C)[C@@H]2CCCN(C(=O)c3cnc(N)nc3C)CC2)c1. The Hall–Kier alpha value is -3.16. The summed E-state index contributed by atoms with van der Waals surface area (Å²) in [5.41, 5.74) is 7.23. The van der Waals surface area contributed by atoms with Crippen LogP contribution in [0.3, 0.4) is 0 Å². The summed E-state index contributed by atoms with van der Waals surface area (Å²) in [6.07, 6.45) is 3.86. The number of nitrogen functional groups attached to an aromatic ring is 1. The van der Waals surface area contributed by atoms with Crippen LogP contribution in [0.1, 0.15) is 45.7 Å². The minimum atomic E-state index is -0.0927. The van der Waals surface area contributed by atoms with Crippen molar-refractivity contribution in [2.75, 3.05) is 33.0 Å². The molecule has 1 aliphatic rings. The lowest BCUT2D eigenvalue weighted by Gasteiger charge is -2.27. The highest BCUT2D eigenvalue weighted by Gasteiger charge is 2.27. The average Bonchev–Trinajstić information content (AvgIpc) is 2.98. The number of hydrogen-bond acceptors (Lipinski definition) is 6. The second kappa shape index (κ2) is 8.89. The largest absolute Gasteiger partial charge is 0.497 e. The maximum Gasteiger partial charge on any atom is 0.257 e. The fraction of sp³-hybridized carbons (Fsp3) is 0.429. The van der Waals surface area contributed by atoms with Crippen LogP contribution in [0.25, 0.3) is 0 Å². The summed E-state index contributed by atoms with van der Waals surface area (Å²) in [4.78, 5) is 37.4. The van der Waals surface area contributed by atoms with Crippen LogP contribution in [0.4, 0.5) is 5.95 Å². The average molecular weight is 397 g/mol. The predicted octanol–water partition coefficient (Wildman–Crippen LogP) is 2.14. The van der Waals surface area contributed by atoms with E-state index < -0.39 is 0 Å². The van der Waals surface area contributed by atoms with Crippen molar-refractivity contribution in [1.29, 1.82) is 0 Å². The van der Waals surface area contributed by atoms with Gasteiger partial charge in [0, 0.05) is 37.9 Å². The molecule has 8 nitrogen and oxygen atoms in total. The van der Waals surface area contributed by atoms with Gasteiger partial charge in [-0.1, -0.05) is 6.07 Å². The first-order chi connectivity index (χ1) is 13.9. The van der Waals surface area contributed by atoms with Gasteiger partial charge in [-0.15, -0.1) is 0 Å². The Morgan fingerprint density at radius 3 is 2.79 bits per heavy atom. The maximum absolute atomic E-state index is 12.9. The molecule has 0 bridgehead atoms. The lowest BCUT2D eigenvalue weighted by atomic mass is 10.1. The molecule has 2 amide bonds. The molecule has 0 unspecified atom stereocenters. The number of anilines is 1. The number of carbonyl (C=O) groups is 2. The Kier molecular flexibility index (Phi) is 6.31. The lowest BCUT2D eigenvalue weighted by Crippen LogP contribution is -2.38. The summed E-state index contributed by atoms with van der Waals surface area (Å²) in [6, 6.07) is 7.22. The Morgan fingerprint density at radius 2 is 2.07 bits per heavy atom. The van der Waals surface area contributed by atoms with Crippen LogP contribution in [-0.4, -0.2) is 64.9 Å². The molecule has 2 N–H and O–H groups in total. The number of hydrogen-bond donors (Lipinski definition) is 1. The van der Waals surface area contributed by atoms with Gasteiger partial charge in [-0.3, -0.25) is 9.59 Å². The fourth-order valence-corrected chi connectivity index (χ4v) is 3.66. The second-order valence-corrected chi connectivity index (χ2v) is 7.25. The fourth-order valence-electron chi connectivity index (χ4n) is 3.66. The summed E-state index contributed by atoms with van der Waals surface area (Å²) in [5.74, 6) is 0.678. The molecule has 154 valence electrons. The first kappa shape index (κ1) is 20.6. The van der Waals surface area contributed by atoms with E-state index in [9.17, 15) is 9.59 Å². The van der Waals surface area contributed by atoms with Crippen LogP contribution < -0.4 is 10.5 Å². The monoisotopic (exact) mass is 397 g/mol. The molecule has 0 spiro atoms. The van der Waals surface area contributed by atoms with Gasteiger partial charge in [-0.2, -0.15) is 0 Å². The van der Waals surface area contributed by atoms with Crippen LogP contribution in [0.15, 0.2) is 30.5 Å². The van der Waals surface area contributed by atoms with Gasteiger partial charge in [0.15, 0.2) is 0 Å². The Balaban J connectivity index is 1.67. The summed E-state index contributed by atoms with van der Waals surface area (Å²) < 4.78 is 5.22. The van der Waals surface area contributed by atoms with E-state index in [0.717, 1.165) is 12.8 Å². The number of ether oxygens (including phenoxy) is 1. The normalized spacial score (nSPS) is 16.8. The standard InChI is InChI=1S/C21H27N5O3/c1-14-18(13-23-21(22)24-14)20(28)26-10-5-7-16(9-11-26)25(2)19(27)15-6-4-8-17(12-15)29-3/h4,6,8,12-13,16H,5,7,9-11H2,1-3H3,(H2,22,23,24)/t16-/m1/s1. The predicted molar refractivity (Wildman–Crippen MR) is 110 cm³/mol. The van der Waals surface area contributed by atoms with Crippen molar-refractivity contribution < 1.29 is 14.3 Å². The molecule has 29 heavy (non-hydrogen) atoms. The first-order valence-corrected chi connectivity index (χ1v) is 9.70. The van der Waals surface area contributed by atoms with Gasteiger partial charge in [0.05, 0.1) is 18.4 Å². The summed E-state index contributed by atoms with van der Waals surface area (Å²) in [7, 11) is 3.40. The molecule has 3 rings (SSSR count). The first-order valence-electron chi connectivity index (χ1n) is 9.70. The van der Waals surface area contributed by atoms with Gasteiger partial charge < -0.3 is 20.3 Å². The summed E-state index contributed by atoms with van der Waals surface area (Å²) in [6.45, 7) is 2.97. The van der Waals surface area contributed by atoms with E-state index in [1.807, 2.05) is 24.1 Å². The highest BCUT2D eigenvalue weighted by atomic mass is 16.5. The van der Waals surface area contributed by atoms with E-state index in [-0.39, 0.29) is 23.8 Å². The zero-order valence-corrected chi connectivity index (χ0v) is 17.1. The molecule has 0 aliphatic carbocycles. The topological polar surface area (TPSA) is 102 Å². The molecular formula is C21H27N5O3. The molecule has 1 fully saturated rings. The van der Waals surface area contributed by atoms with E-state index in [0.29, 0.717) is 42.1 Å². The number of nitrogens with two attached hydrogens (primary N) is 1. The third-order valence-corrected chi connectivity index (χ3v) is 5.40. The molecule has 1 aliphatic heterocycles. The van der Waals surface area contributed by atoms with Crippen LogP contribution in [0, 0.1) is 6.92 Å². The highest BCUT2D eigenvalue weighted by Crippen LogP contribution is 2.21. The number of aromatic nitrogens is 2. The summed E-state index contributed by atoms with van der Waals surface area (Å²) in [5, 5.41) is 0. The number of methoxy groups -OCH3 is 1. The van der Waals surface area contributed by atoms with Crippen LogP contribution in [0.5, 0.6) is 5.75 Å². The van der Waals surface area contributed by atoms with Gasteiger partial charge in [0.2, 0.25) is 5.95 Å². The van der Waals surface area contributed by atoms with Crippen molar-refractivity contribution in [3.05, 3.63) is 47.3 Å². The Bertz CT molecular complexity index is 902. The molecule has 1 aromatic carbocycles. The van der Waals surface area contributed by atoms with Crippen LogP contribution >= 0.6 is 0 Å². The second-order valence-electron chi connectivity index (χ2n) is 7.25. The van der Waals surface area contributed by atoms with Gasteiger partial charge in [-0.05, 0) is 44.4 Å². The third kappa shape index (κ3) is 4.64. The molecule has 1 saturated heterocycles. The van der Waals surface area contributed by atoms with Gasteiger partial charge in [0.25, 0.3) is 11.8 Å². The highest BCUT2D eigenvalue weighted by molar-refractivity contribution is 5.95. The van der Waals surface area contributed by atoms with Gasteiger partial charge in [0.1, 0.15) is 5.75 Å². The quantitative estimate of drug-likeness (QED) is 0.848. The number of aryl methyl sites for hydroxylation is 1. The number of carbonyl (C=O) groups excluding carboxylic acids is 2. The molecule has 2 heterocycles. The number of likely N-dealkylation sites (tertiary alicyclic amines) is 1. The number of amides is 2. The van der Waals surface area contributed by atoms with Crippen molar-refractivity contribution in [1.82, 2.24) is 19.8 Å². The molecular weight excluding hydrogens is 370 g/mol. The zero-order chi connectivity index (χ0) is 21.0. The molecule has 8 heteroatoms. The maximum atomic E-state index is 12.9. The molecule has 0 saturated carbocycles. The van der Waals surface area contributed by atoms with E-state index >= 15 is 0 Å². The minimum Gasteiger partial charge on any atom is -0.497 e. The van der Waals surface area contributed by atoms with E-state index in [1.54, 1.807) is 31.1 Å². The minimum absolute atomic E-state index is 0.0449. The third-order valence-electron chi connectivity index (χ3n) is 5.40. The van der Waals surface area contributed by atoms with E-state index in [1.165, 1.54) is 6.20 Å². The summed E-state index contributed by atoms with van der Waals surface area (Å²) >= 11 is 0. The van der Waals surface area contributed by atoms with Crippen LogP contribution in [0.2, 0.25) is 0 Å². The number of nitrogens with zero attached hydrogens (tertiary/aromatic N) is 4. The number of benzene rings is 1. The van der Waals surface area contributed by atoms with Crippen LogP contribution in [-0.2, 0) is 0 Å². The van der Waals surface area contributed by atoms with Crippen molar-refractivity contribution in [2.45, 2.75) is 32.2 Å². The van der Waals surface area contributed by atoms with Crippen molar-refractivity contribution >= 4 is 17.8 Å². The zero-order valence-electron chi connectivity index (χ0n) is 17.1. The Morgan fingerprint density at radius 1 is 1.28 bits per heavy atom.